The van der Waals surface area contributed by atoms with Gasteiger partial charge in [0.1, 0.15) is 0 Å². The summed E-state index contributed by atoms with van der Waals surface area (Å²) in [7, 11) is 0. The maximum atomic E-state index is 11.8. The van der Waals surface area contributed by atoms with E-state index in [1.54, 1.807) is 6.08 Å². The Morgan fingerprint density at radius 2 is 2.27 bits per heavy atom. The topological polar surface area (TPSA) is 32.3 Å². The number of piperidine rings is 1. The first-order valence-corrected chi connectivity index (χ1v) is 8.42. The maximum absolute atomic E-state index is 11.8. The van der Waals surface area contributed by atoms with Crippen LogP contribution in [0.5, 0.6) is 0 Å². The Labute approximate surface area is 134 Å². The van der Waals surface area contributed by atoms with Gasteiger partial charge < -0.3 is 10.2 Å². The van der Waals surface area contributed by atoms with Crippen LogP contribution >= 0.6 is 0 Å². The molecule has 2 rings (SSSR count). The number of carbonyl (C=O) groups is 1. The minimum Gasteiger partial charge on any atom is -0.353 e. The molecule has 0 unspecified atom stereocenters. The third-order valence-corrected chi connectivity index (χ3v) is 4.33. The number of likely N-dealkylation sites (tertiary alicyclic amines) is 1. The van der Waals surface area contributed by atoms with Gasteiger partial charge in [0.15, 0.2) is 0 Å². The molecule has 0 bridgehead atoms. The van der Waals surface area contributed by atoms with Gasteiger partial charge in [-0.15, -0.1) is 0 Å². The van der Waals surface area contributed by atoms with E-state index in [-0.39, 0.29) is 5.91 Å². The van der Waals surface area contributed by atoms with Crippen molar-refractivity contribution in [1.29, 1.82) is 0 Å². The standard InChI is InChI=1S/C19H28N2O/c1-16-7-5-9-18(15-16)10-11-19(22)20-12-6-14-21-13-4-3-8-17(21)2/h5,7,9-11,15,17H,3-4,6,8,12-14H2,1-2H3,(H,20,22)/b11-10+/t17-/m0/s1. The number of carbonyl (C=O) groups excluding carboxylic acids is 1. The van der Waals surface area contributed by atoms with E-state index in [0.29, 0.717) is 6.04 Å². The second kappa shape index (κ2) is 8.74. The molecule has 1 aromatic rings. The first-order chi connectivity index (χ1) is 10.6. The van der Waals surface area contributed by atoms with Crippen LogP contribution < -0.4 is 5.32 Å². The van der Waals surface area contributed by atoms with Crippen molar-refractivity contribution in [2.75, 3.05) is 19.6 Å². The van der Waals surface area contributed by atoms with Gasteiger partial charge in [0, 0.05) is 25.2 Å². The molecule has 1 heterocycles. The van der Waals surface area contributed by atoms with E-state index in [1.165, 1.54) is 31.4 Å². The lowest BCUT2D eigenvalue weighted by Crippen LogP contribution is -2.39. The van der Waals surface area contributed by atoms with Crippen LogP contribution in [0.4, 0.5) is 0 Å². The predicted octanol–water partition coefficient (Wildman–Crippen LogP) is 3.39. The lowest BCUT2D eigenvalue weighted by atomic mass is 10.0. The zero-order chi connectivity index (χ0) is 15.8. The zero-order valence-corrected chi connectivity index (χ0v) is 13.8. The van der Waals surface area contributed by atoms with Crippen molar-refractivity contribution in [3.8, 4) is 0 Å². The number of hydrogen-bond acceptors (Lipinski definition) is 2. The van der Waals surface area contributed by atoms with E-state index in [4.69, 9.17) is 0 Å². The van der Waals surface area contributed by atoms with Crippen molar-refractivity contribution in [3.63, 3.8) is 0 Å². The van der Waals surface area contributed by atoms with Gasteiger partial charge in [-0.1, -0.05) is 36.2 Å². The summed E-state index contributed by atoms with van der Waals surface area (Å²) < 4.78 is 0. The molecule has 1 amide bonds. The van der Waals surface area contributed by atoms with Crippen LogP contribution in [0.25, 0.3) is 6.08 Å². The number of amides is 1. The predicted molar refractivity (Wildman–Crippen MR) is 92.7 cm³/mol. The third kappa shape index (κ3) is 5.64. The number of hydrogen-bond donors (Lipinski definition) is 1. The summed E-state index contributed by atoms with van der Waals surface area (Å²) in [6.45, 7) is 7.41. The van der Waals surface area contributed by atoms with Crippen molar-refractivity contribution in [2.24, 2.45) is 0 Å². The second-order valence-electron chi connectivity index (χ2n) is 6.27. The molecular weight excluding hydrogens is 272 g/mol. The number of nitrogens with one attached hydrogen (secondary N) is 1. The molecule has 1 saturated heterocycles. The van der Waals surface area contributed by atoms with Crippen molar-refractivity contribution in [3.05, 3.63) is 41.5 Å². The Morgan fingerprint density at radius 1 is 1.41 bits per heavy atom. The molecule has 0 radical (unpaired) electrons. The highest BCUT2D eigenvalue weighted by molar-refractivity contribution is 5.91. The number of benzene rings is 1. The SMILES string of the molecule is Cc1cccc(/C=C/C(=O)NCCCN2CCCC[C@@H]2C)c1. The van der Waals surface area contributed by atoms with Gasteiger partial charge in [-0.25, -0.2) is 0 Å². The summed E-state index contributed by atoms with van der Waals surface area (Å²) >= 11 is 0. The van der Waals surface area contributed by atoms with Crippen molar-refractivity contribution in [2.45, 2.75) is 45.6 Å². The zero-order valence-electron chi connectivity index (χ0n) is 13.8. The first-order valence-electron chi connectivity index (χ1n) is 8.42. The highest BCUT2D eigenvalue weighted by Gasteiger charge is 2.16. The third-order valence-electron chi connectivity index (χ3n) is 4.33. The lowest BCUT2D eigenvalue weighted by Gasteiger charge is -2.33. The quantitative estimate of drug-likeness (QED) is 0.645. The fraction of sp³-hybridized carbons (Fsp3) is 0.526. The fourth-order valence-electron chi connectivity index (χ4n) is 2.99. The Balaban J connectivity index is 1.65. The van der Waals surface area contributed by atoms with Crippen LogP contribution in [-0.2, 0) is 4.79 Å². The molecule has 1 aromatic carbocycles. The van der Waals surface area contributed by atoms with Gasteiger partial charge in [0.2, 0.25) is 5.91 Å². The molecule has 1 fully saturated rings. The molecule has 22 heavy (non-hydrogen) atoms. The van der Waals surface area contributed by atoms with Crippen LogP contribution in [-0.4, -0.2) is 36.5 Å². The molecule has 3 nitrogen and oxygen atoms in total. The summed E-state index contributed by atoms with van der Waals surface area (Å²) in [5.41, 5.74) is 2.27. The minimum atomic E-state index is -0.00630. The van der Waals surface area contributed by atoms with E-state index in [0.717, 1.165) is 25.1 Å². The van der Waals surface area contributed by atoms with Crippen LogP contribution in [0.15, 0.2) is 30.3 Å². The van der Waals surface area contributed by atoms with Gasteiger partial charge in [-0.3, -0.25) is 4.79 Å². The molecule has 3 heteroatoms. The van der Waals surface area contributed by atoms with Gasteiger partial charge in [-0.05, 0) is 51.3 Å². The summed E-state index contributed by atoms with van der Waals surface area (Å²) in [5, 5.41) is 2.97. The van der Waals surface area contributed by atoms with E-state index in [1.807, 2.05) is 18.2 Å². The Bertz CT molecular complexity index is 510. The monoisotopic (exact) mass is 300 g/mol. The van der Waals surface area contributed by atoms with Gasteiger partial charge in [0.05, 0.1) is 0 Å². The summed E-state index contributed by atoms with van der Waals surface area (Å²) in [6.07, 6.45) is 8.50. The maximum Gasteiger partial charge on any atom is 0.243 e. The molecule has 1 N–H and O–H groups in total. The molecule has 0 spiro atoms. The van der Waals surface area contributed by atoms with Gasteiger partial charge >= 0.3 is 0 Å². The van der Waals surface area contributed by atoms with Gasteiger partial charge in [0.25, 0.3) is 0 Å². The normalized spacial score (nSPS) is 19.5. The second-order valence-corrected chi connectivity index (χ2v) is 6.27. The van der Waals surface area contributed by atoms with Crippen LogP contribution in [0, 0.1) is 6.92 Å². The summed E-state index contributed by atoms with van der Waals surface area (Å²) in [6, 6.07) is 8.84. The molecule has 0 aliphatic carbocycles. The smallest absolute Gasteiger partial charge is 0.243 e. The fourth-order valence-corrected chi connectivity index (χ4v) is 2.99. The largest absolute Gasteiger partial charge is 0.353 e. The van der Waals surface area contributed by atoms with E-state index < -0.39 is 0 Å². The molecule has 1 aliphatic heterocycles. The Morgan fingerprint density at radius 3 is 3.05 bits per heavy atom. The highest BCUT2D eigenvalue weighted by atomic mass is 16.1. The van der Waals surface area contributed by atoms with E-state index >= 15 is 0 Å². The lowest BCUT2D eigenvalue weighted by molar-refractivity contribution is -0.116. The first kappa shape index (κ1) is 16.8. The van der Waals surface area contributed by atoms with E-state index in [2.05, 4.69) is 36.2 Å². The summed E-state index contributed by atoms with van der Waals surface area (Å²) in [4.78, 5) is 14.3. The average molecular weight is 300 g/mol. The molecule has 1 aliphatic rings. The minimum absolute atomic E-state index is 0.00630. The summed E-state index contributed by atoms with van der Waals surface area (Å²) in [5.74, 6) is -0.00630. The van der Waals surface area contributed by atoms with Crippen LogP contribution in [0.3, 0.4) is 0 Å². The number of rotatable bonds is 6. The van der Waals surface area contributed by atoms with Crippen molar-refractivity contribution < 1.29 is 4.79 Å². The van der Waals surface area contributed by atoms with Gasteiger partial charge in [-0.2, -0.15) is 0 Å². The van der Waals surface area contributed by atoms with Crippen LogP contribution in [0.1, 0.15) is 43.7 Å². The molecule has 1 atom stereocenters. The molecule has 0 aromatic heterocycles. The molecular formula is C19H28N2O. The molecule has 0 saturated carbocycles. The van der Waals surface area contributed by atoms with Crippen molar-refractivity contribution in [1.82, 2.24) is 10.2 Å². The molecule has 120 valence electrons. The number of aryl methyl sites for hydroxylation is 1. The van der Waals surface area contributed by atoms with Crippen molar-refractivity contribution >= 4 is 12.0 Å². The Hall–Kier alpha value is -1.61. The van der Waals surface area contributed by atoms with E-state index in [9.17, 15) is 4.79 Å². The number of nitrogens with zero attached hydrogens (tertiary/aromatic N) is 1. The Kier molecular flexibility index (Phi) is 6.66. The average Bonchev–Trinajstić information content (AvgIpc) is 2.51. The van der Waals surface area contributed by atoms with Crippen LogP contribution in [0.2, 0.25) is 0 Å². The highest BCUT2D eigenvalue weighted by Crippen LogP contribution is 2.16.